The Balaban J connectivity index is 1.30. The average molecular weight is 364 g/mol. The molecular weight excluding hydrogens is 336 g/mol. The van der Waals surface area contributed by atoms with Crippen molar-refractivity contribution in [3.05, 3.63) is 36.0 Å². The van der Waals surface area contributed by atoms with Crippen LogP contribution in [-0.4, -0.2) is 48.7 Å². The Kier molecular flexibility index (Phi) is 4.57. The van der Waals surface area contributed by atoms with Crippen LogP contribution in [0.25, 0.3) is 0 Å². The molecule has 2 N–H and O–H groups in total. The van der Waals surface area contributed by atoms with Gasteiger partial charge in [0, 0.05) is 61.9 Å². The van der Waals surface area contributed by atoms with E-state index in [2.05, 4.69) is 49.7 Å². The van der Waals surface area contributed by atoms with Crippen molar-refractivity contribution in [2.45, 2.75) is 38.1 Å². The maximum Gasteiger partial charge on any atom is 0.229 e. The van der Waals surface area contributed by atoms with Gasteiger partial charge in [-0.15, -0.1) is 0 Å². The van der Waals surface area contributed by atoms with Crippen molar-refractivity contribution in [2.24, 2.45) is 0 Å². The Morgan fingerprint density at radius 2 is 1.78 bits per heavy atom. The lowest BCUT2D eigenvalue weighted by Crippen LogP contribution is -2.43. The van der Waals surface area contributed by atoms with Gasteiger partial charge in [0.25, 0.3) is 0 Å². The Bertz CT molecular complexity index is 778. The average Bonchev–Trinajstić information content (AvgIpc) is 3.38. The molecule has 3 aliphatic rings. The molecule has 1 aliphatic carbocycles. The molecule has 0 radical (unpaired) electrons. The molecule has 0 amide bonds. The minimum Gasteiger partial charge on any atom is -0.369 e. The van der Waals surface area contributed by atoms with Crippen LogP contribution in [0.5, 0.6) is 0 Å². The molecule has 6 heteroatoms. The number of aromatic nitrogens is 2. The number of nitrogens with zero attached hydrogens (tertiary/aromatic N) is 4. The van der Waals surface area contributed by atoms with Crippen molar-refractivity contribution in [2.75, 3.05) is 47.8 Å². The first kappa shape index (κ1) is 16.8. The van der Waals surface area contributed by atoms with Crippen LogP contribution >= 0.6 is 0 Å². The van der Waals surface area contributed by atoms with Gasteiger partial charge in [-0.3, -0.25) is 0 Å². The van der Waals surface area contributed by atoms with Crippen molar-refractivity contribution >= 4 is 23.1 Å². The summed E-state index contributed by atoms with van der Waals surface area (Å²) in [6, 6.07) is 9.30. The zero-order valence-electron chi connectivity index (χ0n) is 15.8. The lowest BCUT2D eigenvalue weighted by molar-refractivity contribution is 0.589. The first-order chi connectivity index (χ1) is 13.4. The van der Waals surface area contributed by atoms with Crippen LogP contribution in [0.4, 0.5) is 23.1 Å². The lowest BCUT2D eigenvalue weighted by atomic mass is 10.2. The van der Waals surface area contributed by atoms with Crippen LogP contribution in [-0.2, 0) is 6.42 Å². The molecule has 1 aromatic heterocycles. The molecule has 1 aromatic carbocycles. The third kappa shape index (κ3) is 3.46. The predicted molar refractivity (Wildman–Crippen MR) is 110 cm³/mol. The molecule has 27 heavy (non-hydrogen) atoms. The third-order valence-corrected chi connectivity index (χ3v) is 6.11. The molecule has 142 valence electrons. The van der Waals surface area contributed by atoms with E-state index in [0.717, 1.165) is 50.6 Å². The molecule has 2 fully saturated rings. The maximum absolute atomic E-state index is 4.87. The topological polar surface area (TPSA) is 56.3 Å². The molecule has 2 aliphatic heterocycles. The fourth-order valence-electron chi connectivity index (χ4n) is 4.61. The summed E-state index contributed by atoms with van der Waals surface area (Å²) in [6.45, 7) is 5.34. The van der Waals surface area contributed by atoms with Crippen molar-refractivity contribution in [3.63, 3.8) is 0 Å². The van der Waals surface area contributed by atoms with Gasteiger partial charge in [-0.25, -0.2) is 4.98 Å². The van der Waals surface area contributed by atoms with Crippen LogP contribution in [0.2, 0.25) is 0 Å². The van der Waals surface area contributed by atoms with Gasteiger partial charge in [0.05, 0.1) is 0 Å². The van der Waals surface area contributed by atoms with E-state index in [-0.39, 0.29) is 0 Å². The second-order valence-electron chi connectivity index (χ2n) is 7.83. The quantitative estimate of drug-likeness (QED) is 0.870. The number of hydrogen-bond donors (Lipinski definition) is 2. The Morgan fingerprint density at radius 1 is 1.00 bits per heavy atom. The standard InChI is InChI=1S/C21H28N6/c1-2-4-19(3-1)27-12-9-16-15-23-21(25-20(16)27)24-17-5-7-18(8-6-17)26-13-10-22-11-14-26/h5-8,15,19,22H,1-4,9-14H2,(H,23,24,25). The molecule has 1 saturated heterocycles. The van der Waals surface area contributed by atoms with Gasteiger partial charge in [0.2, 0.25) is 5.95 Å². The first-order valence-corrected chi connectivity index (χ1v) is 10.3. The van der Waals surface area contributed by atoms with E-state index >= 15 is 0 Å². The van der Waals surface area contributed by atoms with E-state index < -0.39 is 0 Å². The second-order valence-corrected chi connectivity index (χ2v) is 7.83. The van der Waals surface area contributed by atoms with Gasteiger partial charge in [-0.2, -0.15) is 4.98 Å². The summed E-state index contributed by atoms with van der Waals surface area (Å²) >= 11 is 0. The monoisotopic (exact) mass is 364 g/mol. The predicted octanol–water partition coefficient (Wildman–Crippen LogP) is 2.93. The fraction of sp³-hybridized carbons (Fsp3) is 0.524. The van der Waals surface area contributed by atoms with Crippen molar-refractivity contribution in [1.29, 1.82) is 0 Å². The Hall–Kier alpha value is -2.34. The molecular formula is C21H28N6. The van der Waals surface area contributed by atoms with Crippen LogP contribution < -0.4 is 20.4 Å². The summed E-state index contributed by atoms with van der Waals surface area (Å²) < 4.78 is 0. The zero-order valence-corrected chi connectivity index (χ0v) is 15.8. The van der Waals surface area contributed by atoms with Gasteiger partial charge in [-0.1, -0.05) is 12.8 Å². The number of rotatable bonds is 4. The number of hydrogen-bond acceptors (Lipinski definition) is 6. The highest BCUT2D eigenvalue weighted by atomic mass is 15.3. The molecule has 2 aromatic rings. The van der Waals surface area contributed by atoms with Crippen molar-refractivity contribution < 1.29 is 0 Å². The minimum atomic E-state index is 0.673. The molecule has 0 unspecified atom stereocenters. The SMILES string of the molecule is c1cc(N2CCNCC2)ccc1Nc1ncc2c(n1)N(C1CCCC1)CC2. The van der Waals surface area contributed by atoms with Gasteiger partial charge in [-0.05, 0) is 43.5 Å². The van der Waals surface area contributed by atoms with Gasteiger partial charge >= 0.3 is 0 Å². The van der Waals surface area contributed by atoms with Gasteiger partial charge in [0.1, 0.15) is 5.82 Å². The summed E-state index contributed by atoms with van der Waals surface area (Å²) in [4.78, 5) is 14.4. The van der Waals surface area contributed by atoms with E-state index in [1.165, 1.54) is 36.9 Å². The molecule has 3 heterocycles. The molecule has 6 nitrogen and oxygen atoms in total. The summed E-state index contributed by atoms with van der Waals surface area (Å²) in [5.74, 6) is 1.85. The van der Waals surface area contributed by atoms with E-state index in [1.807, 2.05) is 6.20 Å². The Morgan fingerprint density at radius 3 is 2.56 bits per heavy atom. The van der Waals surface area contributed by atoms with Crippen molar-refractivity contribution in [3.8, 4) is 0 Å². The van der Waals surface area contributed by atoms with Crippen LogP contribution in [0.15, 0.2) is 30.5 Å². The maximum atomic E-state index is 4.87. The normalized spacial score (nSPS) is 20.1. The van der Waals surface area contributed by atoms with Gasteiger partial charge < -0.3 is 20.4 Å². The molecule has 0 spiro atoms. The summed E-state index contributed by atoms with van der Waals surface area (Å²) in [7, 11) is 0. The van der Waals surface area contributed by atoms with Crippen molar-refractivity contribution in [1.82, 2.24) is 15.3 Å². The smallest absolute Gasteiger partial charge is 0.229 e. The summed E-state index contributed by atoms with van der Waals surface area (Å²) in [5.41, 5.74) is 3.62. The van der Waals surface area contributed by atoms with Crippen LogP contribution in [0.3, 0.4) is 0 Å². The summed E-state index contributed by atoms with van der Waals surface area (Å²) in [5, 5.41) is 6.79. The third-order valence-electron chi connectivity index (χ3n) is 6.11. The van der Waals surface area contributed by atoms with E-state index in [0.29, 0.717) is 12.0 Å². The number of anilines is 4. The highest BCUT2D eigenvalue weighted by Crippen LogP contribution is 2.34. The van der Waals surface area contributed by atoms with Crippen LogP contribution in [0.1, 0.15) is 31.2 Å². The van der Waals surface area contributed by atoms with E-state index in [1.54, 1.807) is 0 Å². The largest absolute Gasteiger partial charge is 0.369 e. The molecule has 1 saturated carbocycles. The lowest BCUT2D eigenvalue weighted by Gasteiger charge is -2.29. The highest BCUT2D eigenvalue weighted by Gasteiger charge is 2.30. The zero-order chi connectivity index (χ0) is 18.1. The second kappa shape index (κ2) is 7.35. The molecule has 0 bridgehead atoms. The number of benzene rings is 1. The number of nitrogens with one attached hydrogen (secondary N) is 2. The molecule has 5 rings (SSSR count). The highest BCUT2D eigenvalue weighted by molar-refractivity contribution is 5.62. The van der Waals surface area contributed by atoms with E-state index in [4.69, 9.17) is 4.98 Å². The van der Waals surface area contributed by atoms with Gasteiger partial charge in [0.15, 0.2) is 0 Å². The first-order valence-electron chi connectivity index (χ1n) is 10.3. The number of fused-ring (bicyclic) bond motifs is 1. The van der Waals surface area contributed by atoms with E-state index in [9.17, 15) is 0 Å². The minimum absolute atomic E-state index is 0.673. The Labute approximate surface area is 161 Å². The van der Waals surface area contributed by atoms with Crippen LogP contribution in [0, 0.1) is 0 Å². The molecule has 0 atom stereocenters. The summed E-state index contributed by atoms with van der Waals surface area (Å²) in [6.07, 6.45) is 8.40. The fourth-order valence-corrected chi connectivity index (χ4v) is 4.61. The number of piperazine rings is 1.